The van der Waals surface area contributed by atoms with Crippen molar-refractivity contribution in [2.45, 2.75) is 26.3 Å². The van der Waals surface area contributed by atoms with Crippen molar-refractivity contribution in [2.24, 2.45) is 0 Å². The number of rotatable bonds is 1. The van der Waals surface area contributed by atoms with E-state index in [1.807, 2.05) is 18.2 Å². The lowest BCUT2D eigenvalue weighted by molar-refractivity contribution is 0.634. The molecule has 4 N–H and O–H groups in total. The van der Waals surface area contributed by atoms with Crippen LogP contribution in [0.2, 0.25) is 0 Å². The molecule has 0 saturated heterocycles. The van der Waals surface area contributed by atoms with Gasteiger partial charge in [-0.25, -0.2) is 4.98 Å². The van der Waals surface area contributed by atoms with Gasteiger partial charge in [0.15, 0.2) is 5.95 Å². The number of hydrogen-bond donors (Lipinski definition) is 3. The van der Waals surface area contributed by atoms with Gasteiger partial charge in [-0.15, -0.1) is 0 Å². The summed E-state index contributed by atoms with van der Waals surface area (Å²) in [4.78, 5) is 7.16. The molecule has 0 aliphatic rings. The van der Waals surface area contributed by atoms with Crippen LogP contribution in [0.4, 0.5) is 11.6 Å². The maximum Gasteiger partial charge on any atom is 0.198 e. The zero-order valence-corrected chi connectivity index (χ0v) is 9.26. The molecule has 4 heteroatoms. The van der Waals surface area contributed by atoms with E-state index in [1.54, 1.807) is 0 Å². The average molecular weight is 204 g/mol. The van der Waals surface area contributed by atoms with Crippen LogP contribution < -0.4 is 11.1 Å². The maximum absolute atomic E-state index is 5.58. The van der Waals surface area contributed by atoms with Crippen LogP contribution in [-0.2, 0) is 0 Å². The topological polar surface area (TPSA) is 66.7 Å². The molecule has 0 aliphatic carbocycles. The van der Waals surface area contributed by atoms with E-state index in [-0.39, 0.29) is 5.54 Å². The number of aromatic amines is 1. The van der Waals surface area contributed by atoms with E-state index in [9.17, 15) is 0 Å². The summed E-state index contributed by atoms with van der Waals surface area (Å²) in [6, 6.07) is 5.98. The number of anilines is 2. The zero-order valence-electron chi connectivity index (χ0n) is 9.26. The predicted octanol–water partition coefficient (Wildman–Crippen LogP) is 2.36. The number of nitrogens with two attached hydrogens (primary N) is 1. The Morgan fingerprint density at radius 1 is 1.33 bits per heavy atom. The molecule has 1 heterocycles. The van der Waals surface area contributed by atoms with Gasteiger partial charge in [-0.05, 0) is 39.0 Å². The minimum atomic E-state index is 0.0548. The summed E-state index contributed by atoms with van der Waals surface area (Å²) in [6.45, 7) is 6.37. The summed E-state index contributed by atoms with van der Waals surface area (Å²) in [5.74, 6) is 0.456. The largest absolute Gasteiger partial charge is 0.380 e. The molecule has 0 radical (unpaired) electrons. The molecule has 0 atom stereocenters. The second kappa shape index (κ2) is 3.15. The highest BCUT2D eigenvalue weighted by Crippen LogP contribution is 2.20. The molecule has 2 aromatic rings. The highest BCUT2D eigenvalue weighted by Gasteiger charge is 2.09. The van der Waals surface area contributed by atoms with Crippen LogP contribution >= 0.6 is 0 Å². The maximum atomic E-state index is 5.58. The molecule has 80 valence electrons. The minimum absolute atomic E-state index is 0.0548. The smallest absolute Gasteiger partial charge is 0.198 e. The van der Waals surface area contributed by atoms with E-state index in [1.165, 1.54) is 0 Å². The Morgan fingerprint density at radius 2 is 2.07 bits per heavy atom. The van der Waals surface area contributed by atoms with E-state index >= 15 is 0 Å². The first kappa shape index (κ1) is 9.83. The van der Waals surface area contributed by atoms with Crippen molar-refractivity contribution in [2.75, 3.05) is 11.1 Å². The SMILES string of the molecule is CC(C)(C)Nc1ccc2nc(N)[nH]c2c1. The fourth-order valence-electron chi connectivity index (χ4n) is 1.54. The first-order valence-corrected chi connectivity index (χ1v) is 4.97. The zero-order chi connectivity index (χ0) is 11.1. The molecule has 1 aromatic carbocycles. The van der Waals surface area contributed by atoms with Crippen LogP contribution in [0.1, 0.15) is 20.8 Å². The number of imidazole rings is 1. The molecule has 0 amide bonds. The van der Waals surface area contributed by atoms with E-state index in [0.29, 0.717) is 5.95 Å². The van der Waals surface area contributed by atoms with E-state index < -0.39 is 0 Å². The molecule has 0 saturated carbocycles. The number of nitrogen functional groups attached to an aromatic ring is 1. The Kier molecular flexibility index (Phi) is 2.07. The van der Waals surface area contributed by atoms with Crippen molar-refractivity contribution in [1.82, 2.24) is 9.97 Å². The van der Waals surface area contributed by atoms with Gasteiger partial charge in [0.05, 0.1) is 11.0 Å². The summed E-state index contributed by atoms with van der Waals surface area (Å²) in [7, 11) is 0. The Labute approximate surface area is 88.9 Å². The third kappa shape index (κ3) is 2.21. The molecular weight excluding hydrogens is 188 g/mol. The Balaban J connectivity index is 2.38. The van der Waals surface area contributed by atoms with Crippen LogP contribution in [0.3, 0.4) is 0 Å². The number of nitrogens with zero attached hydrogens (tertiary/aromatic N) is 1. The molecule has 0 unspecified atom stereocenters. The average Bonchev–Trinajstić information content (AvgIpc) is 2.40. The molecule has 15 heavy (non-hydrogen) atoms. The first-order chi connectivity index (χ1) is 6.94. The lowest BCUT2D eigenvalue weighted by atomic mass is 10.1. The molecule has 2 rings (SSSR count). The van der Waals surface area contributed by atoms with Crippen molar-refractivity contribution < 1.29 is 0 Å². The molecule has 0 bridgehead atoms. The number of aromatic nitrogens is 2. The number of hydrogen-bond acceptors (Lipinski definition) is 3. The van der Waals surface area contributed by atoms with Crippen molar-refractivity contribution >= 4 is 22.7 Å². The van der Waals surface area contributed by atoms with Crippen molar-refractivity contribution in [1.29, 1.82) is 0 Å². The van der Waals surface area contributed by atoms with Crippen molar-refractivity contribution in [3.63, 3.8) is 0 Å². The molecule has 1 aromatic heterocycles. The highest BCUT2D eigenvalue weighted by atomic mass is 15.0. The van der Waals surface area contributed by atoms with Gasteiger partial charge in [0.25, 0.3) is 0 Å². The molecule has 0 fully saturated rings. The van der Waals surface area contributed by atoms with E-state index in [2.05, 4.69) is 36.1 Å². The number of benzene rings is 1. The Morgan fingerprint density at radius 3 is 2.73 bits per heavy atom. The summed E-state index contributed by atoms with van der Waals surface area (Å²) in [5, 5.41) is 3.39. The van der Waals surface area contributed by atoms with Crippen LogP contribution in [0.5, 0.6) is 0 Å². The Hall–Kier alpha value is -1.71. The normalized spacial score (nSPS) is 11.9. The van der Waals surface area contributed by atoms with Gasteiger partial charge >= 0.3 is 0 Å². The second-order valence-electron chi connectivity index (χ2n) is 4.73. The fourth-order valence-corrected chi connectivity index (χ4v) is 1.54. The monoisotopic (exact) mass is 204 g/mol. The standard InChI is InChI=1S/C11H16N4/c1-11(2,3)15-7-4-5-8-9(6-7)14-10(12)13-8/h4-6,15H,1-3H3,(H3,12,13,14). The molecule has 4 nitrogen and oxygen atoms in total. The second-order valence-corrected chi connectivity index (χ2v) is 4.73. The van der Waals surface area contributed by atoms with Gasteiger partial charge in [0.1, 0.15) is 0 Å². The van der Waals surface area contributed by atoms with Gasteiger partial charge in [-0.3, -0.25) is 0 Å². The lowest BCUT2D eigenvalue weighted by Gasteiger charge is -2.21. The summed E-state index contributed by atoms with van der Waals surface area (Å²) in [6.07, 6.45) is 0. The van der Waals surface area contributed by atoms with Crippen LogP contribution in [0, 0.1) is 0 Å². The Bertz CT molecular complexity index is 479. The molecule has 0 spiro atoms. The predicted molar refractivity (Wildman–Crippen MR) is 63.9 cm³/mol. The van der Waals surface area contributed by atoms with Crippen molar-refractivity contribution in [3.05, 3.63) is 18.2 Å². The van der Waals surface area contributed by atoms with Crippen molar-refractivity contribution in [3.8, 4) is 0 Å². The summed E-state index contributed by atoms with van der Waals surface area (Å²) in [5.41, 5.74) is 8.56. The van der Waals surface area contributed by atoms with Crippen LogP contribution in [0.25, 0.3) is 11.0 Å². The van der Waals surface area contributed by atoms with Gasteiger partial charge < -0.3 is 16.0 Å². The lowest BCUT2D eigenvalue weighted by Crippen LogP contribution is -2.25. The number of H-pyrrole nitrogens is 1. The summed E-state index contributed by atoms with van der Waals surface area (Å²) >= 11 is 0. The van der Waals surface area contributed by atoms with Gasteiger partial charge in [-0.1, -0.05) is 0 Å². The highest BCUT2D eigenvalue weighted by molar-refractivity contribution is 5.81. The van der Waals surface area contributed by atoms with Gasteiger partial charge in [-0.2, -0.15) is 0 Å². The number of nitrogens with one attached hydrogen (secondary N) is 2. The first-order valence-electron chi connectivity index (χ1n) is 4.97. The third-order valence-electron chi connectivity index (χ3n) is 2.02. The van der Waals surface area contributed by atoms with E-state index in [0.717, 1.165) is 16.7 Å². The molecule has 0 aliphatic heterocycles. The molecular formula is C11H16N4. The van der Waals surface area contributed by atoms with Crippen LogP contribution in [0.15, 0.2) is 18.2 Å². The quantitative estimate of drug-likeness (QED) is 0.668. The summed E-state index contributed by atoms with van der Waals surface area (Å²) < 4.78 is 0. The number of fused-ring (bicyclic) bond motifs is 1. The van der Waals surface area contributed by atoms with E-state index in [4.69, 9.17) is 5.73 Å². The van der Waals surface area contributed by atoms with Gasteiger partial charge in [0.2, 0.25) is 0 Å². The van der Waals surface area contributed by atoms with Gasteiger partial charge in [0, 0.05) is 11.2 Å². The minimum Gasteiger partial charge on any atom is -0.380 e. The third-order valence-corrected chi connectivity index (χ3v) is 2.02. The fraction of sp³-hybridized carbons (Fsp3) is 0.364. The van der Waals surface area contributed by atoms with Crippen LogP contribution in [-0.4, -0.2) is 15.5 Å².